The number of alkyl halides is 3. The second-order valence-electron chi connectivity index (χ2n) is 9.11. The van der Waals surface area contributed by atoms with E-state index in [1.54, 1.807) is 78.9 Å². The number of rotatable bonds is 11. The highest BCUT2D eigenvalue weighted by atomic mass is 19.4. The van der Waals surface area contributed by atoms with Crippen LogP contribution in [-0.2, 0) is 25.5 Å². The zero-order chi connectivity index (χ0) is 30.8. The van der Waals surface area contributed by atoms with Crippen molar-refractivity contribution < 1.29 is 36.7 Å². The van der Waals surface area contributed by atoms with Gasteiger partial charge >= 0.3 is 12.1 Å². The third-order valence-electron chi connectivity index (χ3n) is 6.10. The molecule has 0 aliphatic carbocycles. The fourth-order valence-electron chi connectivity index (χ4n) is 4.09. The number of hydrogen-bond acceptors (Lipinski definition) is 7. The van der Waals surface area contributed by atoms with Crippen LogP contribution in [-0.4, -0.2) is 36.5 Å². The van der Waals surface area contributed by atoms with Gasteiger partial charge in [-0.05, 0) is 11.1 Å². The minimum atomic E-state index is -5.07. The van der Waals surface area contributed by atoms with Gasteiger partial charge in [0, 0.05) is 29.8 Å². The van der Waals surface area contributed by atoms with E-state index in [4.69, 9.17) is 9.15 Å². The molecule has 2 N–H and O–H groups in total. The average Bonchev–Trinajstić information content (AvgIpc) is 3.38. The Morgan fingerprint density at radius 1 is 0.907 bits per heavy atom. The molecule has 1 atom stereocenters. The number of amides is 1. The first-order valence-corrected chi connectivity index (χ1v) is 12.9. The quantitative estimate of drug-likeness (QED) is 0.168. The Morgan fingerprint density at radius 3 is 2.07 bits per heavy atom. The van der Waals surface area contributed by atoms with Crippen LogP contribution >= 0.6 is 0 Å². The molecule has 0 aliphatic rings. The lowest BCUT2D eigenvalue weighted by Crippen LogP contribution is -2.38. The molecular formula is C32H24F3N3O5. The Bertz CT molecular complexity index is 1640. The second kappa shape index (κ2) is 13.8. The van der Waals surface area contributed by atoms with E-state index in [1.807, 2.05) is 12.1 Å². The van der Waals surface area contributed by atoms with Gasteiger partial charge in [-0.1, -0.05) is 91.0 Å². The van der Waals surface area contributed by atoms with Crippen molar-refractivity contribution in [3.8, 4) is 28.5 Å². The Kier molecular flexibility index (Phi) is 9.75. The Hall–Kier alpha value is -5.63. The predicted molar refractivity (Wildman–Crippen MR) is 151 cm³/mol. The molecule has 0 fully saturated rings. The van der Waals surface area contributed by atoms with Gasteiger partial charge in [0.1, 0.15) is 23.4 Å². The molecule has 1 aromatic heterocycles. The summed E-state index contributed by atoms with van der Waals surface area (Å²) in [4.78, 5) is 36.8. The summed E-state index contributed by atoms with van der Waals surface area (Å²) in [6.45, 7) is -0.788. The number of nitriles is 1. The zero-order valence-corrected chi connectivity index (χ0v) is 22.4. The molecule has 11 heteroatoms. The van der Waals surface area contributed by atoms with Gasteiger partial charge in [0.2, 0.25) is 5.88 Å². The lowest BCUT2D eigenvalue weighted by molar-refractivity contribution is -0.165. The summed E-state index contributed by atoms with van der Waals surface area (Å²) in [7, 11) is 0. The Morgan fingerprint density at radius 2 is 1.49 bits per heavy atom. The predicted octanol–water partition coefficient (Wildman–Crippen LogP) is 5.81. The number of nitrogens with one attached hydrogen (secondary N) is 2. The molecule has 0 radical (unpaired) electrons. The molecule has 0 saturated heterocycles. The number of furan rings is 1. The standard InChI is InChI=1S/C32H24F3N3O5/c33-32(34,35)26(39)16-17-37-25(18-21-10-4-1-5-11-21)31(41)42-20-27(40)38-30-24(19-36)28(22-12-6-2-7-13-22)29(43-30)23-14-8-3-9-15-23/h1-17,25,37H,18,20H2,(H,38,40)/b17-16+/t25-/m0/s1. The van der Waals surface area contributed by atoms with E-state index in [2.05, 4.69) is 16.7 Å². The highest BCUT2D eigenvalue weighted by Gasteiger charge is 2.36. The van der Waals surface area contributed by atoms with E-state index in [0.717, 1.165) is 0 Å². The van der Waals surface area contributed by atoms with Crippen molar-refractivity contribution in [3.63, 3.8) is 0 Å². The number of carbonyl (C=O) groups excluding carboxylic acids is 3. The molecule has 3 aromatic carbocycles. The molecule has 8 nitrogen and oxygen atoms in total. The molecule has 1 heterocycles. The topological polar surface area (TPSA) is 121 Å². The van der Waals surface area contributed by atoms with E-state index < -0.39 is 36.5 Å². The molecule has 4 aromatic rings. The third kappa shape index (κ3) is 7.98. The van der Waals surface area contributed by atoms with Crippen molar-refractivity contribution >= 4 is 23.5 Å². The highest BCUT2D eigenvalue weighted by Crippen LogP contribution is 2.41. The van der Waals surface area contributed by atoms with Gasteiger partial charge in [0.15, 0.2) is 6.61 Å². The van der Waals surface area contributed by atoms with Gasteiger partial charge in [-0.3, -0.25) is 14.9 Å². The normalized spacial score (nSPS) is 11.9. The minimum Gasteiger partial charge on any atom is -0.454 e. The van der Waals surface area contributed by atoms with Crippen LogP contribution < -0.4 is 10.6 Å². The molecule has 1 amide bonds. The van der Waals surface area contributed by atoms with Crippen molar-refractivity contribution in [2.45, 2.75) is 18.6 Å². The van der Waals surface area contributed by atoms with E-state index in [1.165, 1.54) is 0 Å². The van der Waals surface area contributed by atoms with Crippen LogP contribution in [0.4, 0.5) is 19.1 Å². The van der Waals surface area contributed by atoms with Gasteiger partial charge in [-0.2, -0.15) is 18.4 Å². The van der Waals surface area contributed by atoms with Crippen LogP contribution in [0.3, 0.4) is 0 Å². The number of allylic oxidation sites excluding steroid dienone is 1. The molecule has 0 bridgehead atoms. The maximum Gasteiger partial charge on any atom is 0.454 e. The SMILES string of the molecule is N#Cc1c(NC(=O)COC(=O)[C@H](Cc2ccccc2)N/C=C/C(=O)C(F)(F)F)oc(-c2ccccc2)c1-c1ccccc1. The number of halogens is 3. The van der Waals surface area contributed by atoms with Crippen molar-refractivity contribution in [1.82, 2.24) is 5.32 Å². The molecule has 0 unspecified atom stereocenters. The summed E-state index contributed by atoms with van der Waals surface area (Å²) in [6, 6.07) is 27.4. The van der Waals surface area contributed by atoms with Gasteiger partial charge in [0.25, 0.3) is 11.7 Å². The van der Waals surface area contributed by atoms with Crippen LogP contribution in [0.2, 0.25) is 0 Å². The highest BCUT2D eigenvalue weighted by molar-refractivity contribution is 5.97. The lowest BCUT2D eigenvalue weighted by atomic mass is 9.98. The van der Waals surface area contributed by atoms with Crippen LogP contribution in [0.15, 0.2) is 108 Å². The summed E-state index contributed by atoms with van der Waals surface area (Å²) in [5.74, 6) is -3.68. The number of esters is 1. The lowest BCUT2D eigenvalue weighted by Gasteiger charge is -2.16. The third-order valence-corrected chi connectivity index (χ3v) is 6.10. The Labute approximate surface area is 244 Å². The first-order valence-electron chi connectivity index (χ1n) is 12.9. The van der Waals surface area contributed by atoms with Crippen molar-refractivity contribution in [2.24, 2.45) is 0 Å². The zero-order valence-electron chi connectivity index (χ0n) is 22.4. The van der Waals surface area contributed by atoms with E-state index in [0.29, 0.717) is 34.2 Å². The molecule has 4 rings (SSSR count). The second-order valence-corrected chi connectivity index (χ2v) is 9.11. The van der Waals surface area contributed by atoms with Crippen molar-refractivity contribution in [2.75, 3.05) is 11.9 Å². The maximum atomic E-state index is 12.8. The fraction of sp³-hybridized carbons (Fsp3) is 0.125. The summed E-state index contributed by atoms with van der Waals surface area (Å²) < 4.78 is 48.7. The first-order chi connectivity index (χ1) is 20.7. The summed E-state index contributed by atoms with van der Waals surface area (Å²) in [5.41, 5.74) is 2.52. The fourth-order valence-corrected chi connectivity index (χ4v) is 4.09. The maximum absolute atomic E-state index is 12.8. The van der Waals surface area contributed by atoms with Crippen LogP contribution in [0, 0.1) is 11.3 Å². The monoisotopic (exact) mass is 587 g/mol. The smallest absolute Gasteiger partial charge is 0.454 e. The van der Waals surface area contributed by atoms with Gasteiger partial charge in [-0.25, -0.2) is 4.79 Å². The number of benzene rings is 3. The number of hydrogen-bond donors (Lipinski definition) is 2. The average molecular weight is 588 g/mol. The largest absolute Gasteiger partial charge is 0.454 e. The summed E-state index contributed by atoms with van der Waals surface area (Å²) in [5, 5.41) is 14.9. The van der Waals surface area contributed by atoms with Crippen LogP contribution in [0.25, 0.3) is 22.5 Å². The number of ketones is 1. The number of nitrogens with zero attached hydrogens (tertiary/aromatic N) is 1. The number of anilines is 1. The van der Waals surface area contributed by atoms with Crippen molar-refractivity contribution in [1.29, 1.82) is 5.26 Å². The molecule has 218 valence electrons. The first kappa shape index (κ1) is 30.3. The van der Waals surface area contributed by atoms with Gasteiger partial charge < -0.3 is 14.5 Å². The molecular weight excluding hydrogens is 563 g/mol. The molecule has 0 aliphatic heterocycles. The number of carbonyl (C=O) groups is 3. The van der Waals surface area contributed by atoms with Crippen LogP contribution in [0.1, 0.15) is 11.1 Å². The minimum absolute atomic E-state index is 0.0104. The van der Waals surface area contributed by atoms with E-state index >= 15 is 0 Å². The number of ether oxygens (including phenoxy) is 1. The van der Waals surface area contributed by atoms with E-state index in [9.17, 15) is 32.8 Å². The van der Waals surface area contributed by atoms with Crippen molar-refractivity contribution in [3.05, 3.63) is 114 Å². The Balaban J connectivity index is 1.50. The summed E-state index contributed by atoms with van der Waals surface area (Å²) in [6.07, 6.45) is -4.11. The summed E-state index contributed by atoms with van der Waals surface area (Å²) >= 11 is 0. The van der Waals surface area contributed by atoms with E-state index in [-0.39, 0.29) is 23.9 Å². The van der Waals surface area contributed by atoms with Gasteiger partial charge in [-0.15, -0.1) is 0 Å². The van der Waals surface area contributed by atoms with Gasteiger partial charge in [0.05, 0.1) is 0 Å². The molecule has 43 heavy (non-hydrogen) atoms. The van der Waals surface area contributed by atoms with Crippen LogP contribution in [0.5, 0.6) is 0 Å². The molecule has 0 spiro atoms. The molecule has 0 saturated carbocycles.